The number of hydrogen-bond acceptors (Lipinski definition) is 2. The van der Waals surface area contributed by atoms with E-state index in [0.29, 0.717) is 29.2 Å². The van der Waals surface area contributed by atoms with Crippen LogP contribution in [0.1, 0.15) is 57.1 Å². The molecule has 124 valence electrons. The Balaban J connectivity index is 1.76. The van der Waals surface area contributed by atoms with E-state index in [-0.39, 0.29) is 5.92 Å². The summed E-state index contributed by atoms with van der Waals surface area (Å²) in [7, 11) is 2.28. The molecule has 5 unspecified atom stereocenters. The zero-order valence-electron chi connectivity index (χ0n) is 14.7. The average Bonchev–Trinajstić information content (AvgIpc) is 2.58. The zero-order chi connectivity index (χ0) is 16.2. The van der Waals surface area contributed by atoms with Gasteiger partial charge < -0.3 is 0 Å². The Labute approximate surface area is 140 Å². The van der Waals surface area contributed by atoms with Gasteiger partial charge >= 0.3 is 0 Å². The number of carbonyl (C=O) groups excluding carboxylic acids is 1. The fourth-order valence-corrected chi connectivity index (χ4v) is 6.19. The summed E-state index contributed by atoms with van der Waals surface area (Å²) in [5, 5.41) is 0. The molecule has 23 heavy (non-hydrogen) atoms. The average molecular weight is 311 g/mol. The van der Waals surface area contributed by atoms with Gasteiger partial charge in [-0.2, -0.15) is 0 Å². The zero-order valence-corrected chi connectivity index (χ0v) is 14.7. The number of piperidine rings is 2. The van der Waals surface area contributed by atoms with Gasteiger partial charge in [0.05, 0.1) is 0 Å². The third kappa shape index (κ3) is 2.00. The lowest BCUT2D eigenvalue weighted by Gasteiger charge is -2.65. The Kier molecular flexibility index (Phi) is 3.64. The number of likely N-dealkylation sites (N-methyl/N-ethyl adjacent to an activating group) is 1. The third-order valence-corrected chi connectivity index (χ3v) is 7.29. The topological polar surface area (TPSA) is 20.3 Å². The molecule has 4 aliphatic rings. The molecule has 5 rings (SSSR count). The summed E-state index contributed by atoms with van der Waals surface area (Å²) >= 11 is 0. The predicted molar refractivity (Wildman–Crippen MR) is 93.6 cm³/mol. The SMILES string of the molecule is CCCC(=O)C1CC2C3Cc4ccccc4C2(CC)CC1N3C. The van der Waals surface area contributed by atoms with E-state index in [9.17, 15) is 4.79 Å². The van der Waals surface area contributed by atoms with Crippen LogP contribution in [0, 0.1) is 11.8 Å². The highest BCUT2D eigenvalue weighted by atomic mass is 16.1. The monoisotopic (exact) mass is 311 g/mol. The number of rotatable bonds is 4. The van der Waals surface area contributed by atoms with Crippen molar-refractivity contribution in [3.05, 3.63) is 35.4 Å². The first kappa shape index (κ1) is 15.4. The van der Waals surface area contributed by atoms with Gasteiger partial charge in [0, 0.05) is 29.8 Å². The van der Waals surface area contributed by atoms with E-state index in [1.807, 2.05) is 0 Å². The van der Waals surface area contributed by atoms with Crippen molar-refractivity contribution in [2.24, 2.45) is 11.8 Å². The number of carbonyl (C=O) groups is 1. The number of benzene rings is 1. The molecule has 2 aliphatic carbocycles. The largest absolute Gasteiger partial charge is 0.299 e. The van der Waals surface area contributed by atoms with Crippen LogP contribution >= 0.6 is 0 Å². The molecule has 2 saturated heterocycles. The van der Waals surface area contributed by atoms with Crippen molar-refractivity contribution in [1.29, 1.82) is 0 Å². The molecule has 2 heteroatoms. The lowest BCUT2D eigenvalue weighted by Crippen LogP contribution is -2.69. The van der Waals surface area contributed by atoms with Crippen molar-refractivity contribution in [2.45, 2.75) is 69.9 Å². The first-order valence-electron chi connectivity index (χ1n) is 9.45. The Bertz CT molecular complexity index is 624. The van der Waals surface area contributed by atoms with Gasteiger partial charge in [0.2, 0.25) is 0 Å². The Morgan fingerprint density at radius 2 is 2.04 bits per heavy atom. The molecule has 2 nitrogen and oxygen atoms in total. The molecule has 2 aliphatic heterocycles. The molecule has 0 aromatic heterocycles. The minimum atomic E-state index is 0.283. The lowest BCUT2D eigenvalue weighted by atomic mass is 9.48. The summed E-state index contributed by atoms with van der Waals surface area (Å²) in [5.41, 5.74) is 3.47. The normalized spacial score (nSPS) is 38.4. The van der Waals surface area contributed by atoms with Crippen LogP contribution in [0.25, 0.3) is 0 Å². The van der Waals surface area contributed by atoms with Crippen LogP contribution in [-0.4, -0.2) is 29.8 Å². The highest BCUT2D eigenvalue weighted by molar-refractivity contribution is 5.82. The summed E-state index contributed by atoms with van der Waals surface area (Å²) in [6.07, 6.45) is 6.44. The molecule has 3 fully saturated rings. The molecule has 2 heterocycles. The molecule has 5 atom stereocenters. The van der Waals surface area contributed by atoms with Crippen LogP contribution < -0.4 is 0 Å². The van der Waals surface area contributed by atoms with Crippen molar-refractivity contribution in [3.63, 3.8) is 0 Å². The van der Waals surface area contributed by atoms with E-state index in [0.717, 1.165) is 19.3 Å². The number of Topliss-reactive ketones (excluding diaryl/α,β-unsaturated/α-hetero) is 1. The van der Waals surface area contributed by atoms with Crippen molar-refractivity contribution in [3.8, 4) is 0 Å². The Morgan fingerprint density at radius 3 is 2.78 bits per heavy atom. The molecular formula is C21H29NO. The van der Waals surface area contributed by atoms with Crippen LogP contribution in [0.15, 0.2) is 24.3 Å². The standard InChI is InChI=1S/C21H29NO/c1-4-8-20(23)15-12-17-18-11-14-9-6-7-10-16(14)21(17,5-2)13-19(15)22(18)3/h6-7,9-10,15,17-19H,4-5,8,11-13H2,1-3H3. The van der Waals surface area contributed by atoms with Crippen LogP contribution in [0.5, 0.6) is 0 Å². The lowest BCUT2D eigenvalue weighted by molar-refractivity contribution is -0.141. The van der Waals surface area contributed by atoms with E-state index in [2.05, 4.69) is 50.1 Å². The molecule has 4 bridgehead atoms. The summed E-state index contributed by atoms with van der Waals surface area (Å²) in [5.74, 6) is 1.46. The highest BCUT2D eigenvalue weighted by Crippen LogP contribution is 2.59. The van der Waals surface area contributed by atoms with Gasteiger partial charge in [0.1, 0.15) is 5.78 Å². The maximum atomic E-state index is 12.7. The molecule has 0 amide bonds. The van der Waals surface area contributed by atoms with Crippen LogP contribution in [0.4, 0.5) is 0 Å². The molecule has 0 radical (unpaired) electrons. The maximum absolute atomic E-state index is 12.7. The van der Waals surface area contributed by atoms with Gasteiger partial charge in [-0.1, -0.05) is 38.1 Å². The number of hydrogen-bond donors (Lipinski definition) is 0. The van der Waals surface area contributed by atoms with Gasteiger partial charge in [-0.25, -0.2) is 0 Å². The van der Waals surface area contributed by atoms with E-state index in [1.54, 1.807) is 11.1 Å². The smallest absolute Gasteiger partial charge is 0.137 e. The van der Waals surface area contributed by atoms with Crippen molar-refractivity contribution >= 4 is 5.78 Å². The molecule has 0 N–H and O–H groups in total. The number of ketones is 1. The maximum Gasteiger partial charge on any atom is 0.137 e. The van der Waals surface area contributed by atoms with Crippen molar-refractivity contribution < 1.29 is 4.79 Å². The van der Waals surface area contributed by atoms with Crippen LogP contribution in [0.2, 0.25) is 0 Å². The Hall–Kier alpha value is -1.15. The van der Waals surface area contributed by atoms with Crippen molar-refractivity contribution in [2.75, 3.05) is 7.05 Å². The van der Waals surface area contributed by atoms with Crippen molar-refractivity contribution in [1.82, 2.24) is 4.90 Å². The minimum absolute atomic E-state index is 0.283. The molecule has 1 saturated carbocycles. The second-order valence-corrected chi connectivity index (χ2v) is 8.04. The highest BCUT2D eigenvalue weighted by Gasteiger charge is 2.60. The summed E-state index contributed by atoms with van der Waals surface area (Å²) in [4.78, 5) is 15.2. The van der Waals surface area contributed by atoms with Gasteiger partial charge in [-0.05, 0) is 56.2 Å². The van der Waals surface area contributed by atoms with E-state index in [1.165, 1.54) is 19.3 Å². The first-order valence-corrected chi connectivity index (χ1v) is 9.45. The first-order chi connectivity index (χ1) is 11.1. The van der Waals surface area contributed by atoms with E-state index < -0.39 is 0 Å². The van der Waals surface area contributed by atoms with Crippen LogP contribution in [0.3, 0.4) is 0 Å². The summed E-state index contributed by atoms with van der Waals surface area (Å²) < 4.78 is 0. The molecular weight excluding hydrogens is 282 g/mol. The summed E-state index contributed by atoms with van der Waals surface area (Å²) in [6.45, 7) is 4.49. The molecule has 1 aromatic rings. The van der Waals surface area contributed by atoms with Gasteiger partial charge in [-0.15, -0.1) is 0 Å². The fourth-order valence-electron chi connectivity index (χ4n) is 6.19. The molecule has 0 spiro atoms. The fraction of sp³-hybridized carbons (Fsp3) is 0.667. The third-order valence-electron chi connectivity index (χ3n) is 7.29. The van der Waals surface area contributed by atoms with Crippen LogP contribution in [-0.2, 0) is 16.6 Å². The van der Waals surface area contributed by atoms with Gasteiger partial charge in [0.25, 0.3) is 0 Å². The second-order valence-electron chi connectivity index (χ2n) is 8.04. The van der Waals surface area contributed by atoms with Gasteiger partial charge in [-0.3, -0.25) is 9.69 Å². The number of fused-ring (bicyclic) bond motifs is 2. The minimum Gasteiger partial charge on any atom is -0.299 e. The van der Waals surface area contributed by atoms with E-state index >= 15 is 0 Å². The van der Waals surface area contributed by atoms with Gasteiger partial charge in [0.15, 0.2) is 0 Å². The second kappa shape index (κ2) is 5.44. The van der Waals surface area contributed by atoms with E-state index in [4.69, 9.17) is 0 Å². The Morgan fingerprint density at radius 1 is 1.26 bits per heavy atom. The summed E-state index contributed by atoms with van der Waals surface area (Å²) in [6, 6.07) is 10.2. The number of nitrogens with zero attached hydrogens (tertiary/aromatic N) is 1. The molecule has 1 aromatic carbocycles. The predicted octanol–water partition coefficient (Wildman–Crippen LogP) is 3.97. The quantitative estimate of drug-likeness (QED) is 0.838.